The van der Waals surface area contributed by atoms with Gasteiger partial charge < -0.3 is 30.5 Å². The monoisotopic (exact) mass is 739 g/mol. The normalized spacial score (nSPS) is 19.5. The maximum absolute atomic E-state index is 13.0. The molecule has 4 fully saturated rings. The first-order valence-corrected chi connectivity index (χ1v) is 17.4. The summed E-state index contributed by atoms with van der Waals surface area (Å²) in [7, 11) is 0. The Bertz CT molecular complexity index is 1190. The van der Waals surface area contributed by atoms with Crippen LogP contribution in [0.5, 0.6) is 0 Å². The van der Waals surface area contributed by atoms with Gasteiger partial charge in [0.05, 0.1) is 0 Å². The van der Waals surface area contributed by atoms with Crippen molar-refractivity contribution in [3.8, 4) is 0 Å². The van der Waals surface area contributed by atoms with Crippen LogP contribution in [-0.2, 0) is 19.1 Å². The second kappa shape index (κ2) is 14.5. The van der Waals surface area contributed by atoms with E-state index in [0.29, 0.717) is 23.7 Å². The molecule has 0 aromatic heterocycles. The molecule has 10 nitrogen and oxygen atoms in total. The van der Waals surface area contributed by atoms with E-state index in [0.717, 1.165) is 60.6 Å². The quantitative estimate of drug-likeness (QED) is 0.180. The van der Waals surface area contributed by atoms with E-state index >= 15 is 0 Å². The summed E-state index contributed by atoms with van der Waals surface area (Å²) in [5.41, 5.74) is -0.450. The van der Waals surface area contributed by atoms with Crippen LogP contribution in [0.3, 0.4) is 0 Å². The second-order valence-corrected chi connectivity index (χ2v) is 16.3. The van der Waals surface area contributed by atoms with Crippen molar-refractivity contribution in [2.24, 2.45) is 35.5 Å². The third-order valence-electron chi connectivity index (χ3n) is 8.44. The minimum Gasteiger partial charge on any atom is -0.480 e. The second-order valence-electron chi connectivity index (χ2n) is 15.1. The number of nitrogens with one attached hydrogen (secondary N) is 3. The van der Waals surface area contributed by atoms with Crippen molar-refractivity contribution in [2.45, 2.75) is 116 Å². The zero-order valence-corrected chi connectivity index (χ0v) is 29.5. The SMILES string of the molecule is CC(C)(C)OC(=O)N[C@H](C(=O)Nc1ccc(I)cc1)C(C1CC1)C1CC1.CC(C)(C)OC(=O)N[C@H](C(=O)O)C(C1CC1)C1CC1. The number of ether oxygens (including phenoxy) is 2. The Kier molecular flexibility index (Phi) is 11.3. The van der Waals surface area contributed by atoms with Crippen LogP contribution in [0.1, 0.15) is 92.9 Å². The number of carbonyl (C=O) groups is 4. The summed E-state index contributed by atoms with van der Waals surface area (Å²) < 4.78 is 11.7. The van der Waals surface area contributed by atoms with Crippen LogP contribution in [0.4, 0.5) is 15.3 Å². The number of hydrogen-bond acceptors (Lipinski definition) is 6. The number of carboxylic acids is 1. The van der Waals surface area contributed by atoms with Crippen molar-refractivity contribution in [3.05, 3.63) is 27.8 Å². The molecule has 0 radical (unpaired) electrons. The van der Waals surface area contributed by atoms with Crippen LogP contribution in [0.2, 0.25) is 0 Å². The molecule has 0 unspecified atom stereocenters. The lowest BCUT2D eigenvalue weighted by Gasteiger charge is -2.29. The molecule has 0 bridgehead atoms. The van der Waals surface area contributed by atoms with E-state index < -0.39 is 41.4 Å². The molecule has 250 valence electrons. The molecule has 0 heterocycles. The molecule has 4 N–H and O–H groups in total. The minimum atomic E-state index is -0.949. The summed E-state index contributed by atoms with van der Waals surface area (Å²) >= 11 is 2.23. The Morgan fingerprint density at radius 2 is 1.04 bits per heavy atom. The Balaban J connectivity index is 0.000000215. The standard InChI is InChI=1S/C20H27IN2O3.C14H23NO4/c1-20(2,3)26-19(25)23-17(16(12-4-5-12)13-6-7-13)18(24)22-15-10-8-14(21)9-11-15;1-14(2,3)19-13(18)15-11(12(16)17)10(8-4-5-8)9-6-7-9/h8-13,16-17H,4-7H2,1-3H3,(H,22,24)(H,23,25);8-11H,4-7H2,1-3H3,(H,15,18)(H,16,17)/t17-;11-/m00/s1. The number of halogens is 1. The van der Waals surface area contributed by atoms with E-state index in [1.807, 2.05) is 45.0 Å². The van der Waals surface area contributed by atoms with Crippen molar-refractivity contribution >= 4 is 52.3 Å². The molecule has 1 aromatic rings. The van der Waals surface area contributed by atoms with Crippen molar-refractivity contribution in [1.82, 2.24) is 10.6 Å². The first kappa shape index (κ1) is 35.3. The number of benzene rings is 1. The highest BCUT2D eigenvalue weighted by molar-refractivity contribution is 14.1. The molecule has 45 heavy (non-hydrogen) atoms. The van der Waals surface area contributed by atoms with E-state index in [1.165, 1.54) is 0 Å². The van der Waals surface area contributed by atoms with Crippen molar-refractivity contribution in [1.29, 1.82) is 0 Å². The fourth-order valence-corrected chi connectivity index (χ4v) is 6.42. The smallest absolute Gasteiger partial charge is 0.408 e. The van der Waals surface area contributed by atoms with Crippen LogP contribution in [-0.4, -0.2) is 52.5 Å². The molecule has 4 aliphatic rings. The lowest BCUT2D eigenvalue weighted by atomic mass is 9.88. The van der Waals surface area contributed by atoms with Crippen molar-refractivity contribution in [3.63, 3.8) is 0 Å². The van der Waals surface area contributed by atoms with E-state index in [1.54, 1.807) is 20.8 Å². The molecule has 1 aromatic carbocycles. The van der Waals surface area contributed by atoms with Crippen molar-refractivity contribution < 1.29 is 33.8 Å². The molecule has 11 heteroatoms. The Morgan fingerprint density at radius 3 is 1.38 bits per heavy atom. The molecule has 4 aliphatic carbocycles. The summed E-state index contributed by atoms with van der Waals surface area (Å²) in [4.78, 5) is 48.6. The topological polar surface area (TPSA) is 143 Å². The highest BCUT2D eigenvalue weighted by Crippen LogP contribution is 2.51. The maximum Gasteiger partial charge on any atom is 0.408 e. The zero-order chi connectivity index (χ0) is 33.1. The summed E-state index contributed by atoms with van der Waals surface area (Å²) in [6, 6.07) is 6.30. The Hall–Kier alpha value is -2.57. The summed E-state index contributed by atoms with van der Waals surface area (Å²) in [5.74, 6) is 1.16. The predicted molar refractivity (Wildman–Crippen MR) is 180 cm³/mol. The average Bonchev–Trinajstić information content (AvgIpc) is 3.73. The number of anilines is 1. The Labute approximate surface area is 280 Å². The van der Waals surface area contributed by atoms with Gasteiger partial charge in [0, 0.05) is 9.26 Å². The van der Waals surface area contributed by atoms with Gasteiger partial charge in [0.2, 0.25) is 5.91 Å². The van der Waals surface area contributed by atoms with Gasteiger partial charge in [0.25, 0.3) is 0 Å². The molecule has 4 saturated carbocycles. The molecule has 0 saturated heterocycles. The van der Waals surface area contributed by atoms with E-state index in [4.69, 9.17) is 9.47 Å². The number of carboxylic acid groups (broad SMARTS) is 1. The molecular formula is C34H50IN3O7. The van der Waals surface area contributed by atoms with Gasteiger partial charge in [-0.1, -0.05) is 0 Å². The summed E-state index contributed by atoms with van der Waals surface area (Å²) in [6.45, 7) is 10.8. The number of amides is 3. The van der Waals surface area contributed by atoms with Gasteiger partial charge in [0.1, 0.15) is 23.3 Å². The van der Waals surface area contributed by atoms with Crippen molar-refractivity contribution in [2.75, 3.05) is 5.32 Å². The largest absolute Gasteiger partial charge is 0.480 e. The first-order valence-electron chi connectivity index (χ1n) is 16.3. The lowest BCUT2D eigenvalue weighted by Crippen LogP contribution is -2.51. The van der Waals surface area contributed by atoms with Gasteiger partial charge in [-0.25, -0.2) is 14.4 Å². The van der Waals surface area contributed by atoms with E-state index in [9.17, 15) is 24.3 Å². The fraction of sp³-hybridized carbons (Fsp3) is 0.706. The van der Waals surface area contributed by atoms with Gasteiger partial charge in [-0.15, -0.1) is 0 Å². The number of alkyl carbamates (subject to hydrolysis) is 2. The zero-order valence-electron chi connectivity index (χ0n) is 27.4. The molecule has 0 aliphatic heterocycles. The van der Waals surface area contributed by atoms with Crippen LogP contribution in [0, 0.1) is 39.1 Å². The van der Waals surface area contributed by atoms with Gasteiger partial charge in [-0.3, -0.25) is 4.79 Å². The maximum atomic E-state index is 13.0. The predicted octanol–water partition coefficient (Wildman–Crippen LogP) is 6.96. The third kappa shape index (κ3) is 11.9. The summed E-state index contributed by atoms with van der Waals surface area (Å²) in [6.07, 6.45) is 7.76. The molecule has 0 spiro atoms. The van der Waals surface area contributed by atoms with Crippen LogP contribution < -0.4 is 16.0 Å². The van der Waals surface area contributed by atoms with Gasteiger partial charge in [-0.2, -0.15) is 0 Å². The average molecular weight is 740 g/mol. The van der Waals surface area contributed by atoms with Crippen LogP contribution in [0.25, 0.3) is 0 Å². The van der Waals surface area contributed by atoms with Gasteiger partial charge in [0.15, 0.2) is 0 Å². The van der Waals surface area contributed by atoms with Gasteiger partial charge in [-0.05, 0) is 175 Å². The number of rotatable bonds is 11. The highest BCUT2D eigenvalue weighted by Gasteiger charge is 2.50. The van der Waals surface area contributed by atoms with E-state index in [-0.39, 0.29) is 17.7 Å². The molecular weight excluding hydrogens is 689 g/mol. The van der Waals surface area contributed by atoms with E-state index in [2.05, 4.69) is 38.5 Å². The number of aliphatic carboxylic acids is 1. The van der Waals surface area contributed by atoms with Crippen LogP contribution in [0.15, 0.2) is 24.3 Å². The minimum absolute atomic E-state index is 0.0741. The summed E-state index contributed by atoms with van der Waals surface area (Å²) in [5, 5.41) is 17.8. The fourth-order valence-electron chi connectivity index (χ4n) is 6.06. The number of carbonyl (C=O) groups excluding carboxylic acids is 3. The van der Waals surface area contributed by atoms with Gasteiger partial charge >= 0.3 is 18.2 Å². The number of hydrogen-bond donors (Lipinski definition) is 4. The lowest BCUT2D eigenvalue weighted by molar-refractivity contribution is -0.141. The first-order chi connectivity index (χ1) is 21.0. The van der Waals surface area contributed by atoms with Crippen LogP contribution >= 0.6 is 22.6 Å². The molecule has 3 amide bonds. The highest BCUT2D eigenvalue weighted by atomic mass is 127. The molecule has 2 atom stereocenters. The third-order valence-corrected chi connectivity index (χ3v) is 9.16. The molecule has 5 rings (SSSR count). The Morgan fingerprint density at radius 1 is 0.689 bits per heavy atom.